The second-order valence-electron chi connectivity index (χ2n) is 2.64. The second-order valence-corrected chi connectivity index (χ2v) is 2.64. The maximum atomic E-state index is 11.1. The molecular formula is C8H6N2O6. The summed E-state index contributed by atoms with van der Waals surface area (Å²) in [6, 6.07) is 0.752. The molecule has 0 saturated heterocycles. The van der Waals surface area contributed by atoms with Gasteiger partial charge in [0.15, 0.2) is 5.69 Å². The van der Waals surface area contributed by atoms with E-state index in [1.807, 2.05) is 0 Å². The summed E-state index contributed by atoms with van der Waals surface area (Å²) in [6.45, 7) is 0. The molecular weight excluding hydrogens is 220 g/mol. The number of rotatable bonds is 3. The molecule has 1 rings (SSSR count). The first-order valence-electron chi connectivity index (χ1n) is 3.93. The summed E-state index contributed by atoms with van der Waals surface area (Å²) in [5.41, 5.74) is -1.55. The van der Waals surface area contributed by atoms with Crippen LogP contribution in [0.15, 0.2) is 12.3 Å². The number of hydrogen-bond donors (Lipinski definition) is 1. The average molecular weight is 226 g/mol. The Balaban J connectivity index is 3.36. The predicted molar refractivity (Wildman–Crippen MR) is 49.2 cm³/mol. The number of hydrogen-bond acceptors (Lipinski definition) is 6. The minimum absolute atomic E-state index is 0.472. The van der Waals surface area contributed by atoms with E-state index in [4.69, 9.17) is 5.11 Å². The number of aromatic nitrogens is 1. The molecule has 0 bridgehead atoms. The Labute approximate surface area is 88.6 Å². The molecule has 0 aliphatic heterocycles. The largest absolute Gasteiger partial charge is 0.478 e. The Morgan fingerprint density at radius 1 is 1.56 bits per heavy atom. The van der Waals surface area contributed by atoms with Crippen molar-refractivity contribution in [3.05, 3.63) is 33.6 Å². The third-order valence-electron chi connectivity index (χ3n) is 1.69. The summed E-state index contributed by atoms with van der Waals surface area (Å²) in [7, 11) is 1.05. The highest BCUT2D eigenvalue weighted by molar-refractivity contribution is 6.01. The fraction of sp³-hybridized carbons (Fsp3) is 0.125. The molecule has 1 aromatic rings. The van der Waals surface area contributed by atoms with E-state index in [2.05, 4.69) is 9.72 Å². The maximum Gasteiger partial charge on any atom is 0.357 e. The van der Waals surface area contributed by atoms with Crippen LogP contribution in [-0.2, 0) is 4.74 Å². The molecule has 0 fully saturated rings. The molecule has 1 heterocycles. The van der Waals surface area contributed by atoms with Gasteiger partial charge < -0.3 is 9.84 Å². The lowest BCUT2D eigenvalue weighted by Crippen LogP contribution is -2.12. The molecule has 0 atom stereocenters. The number of carbonyl (C=O) groups is 2. The molecule has 0 radical (unpaired) electrons. The van der Waals surface area contributed by atoms with E-state index < -0.39 is 33.8 Å². The lowest BCUT2D eigenvalue weighted by Gasteiger charge is -2.02. The van der Waals surface area contributed by atoms with Crippen molar-refractivity contribution in [1.82, 2.24) is 4.98 Å². The summed E-state index contributed by atoms with van der Waals surface area (Å²) in [6.07, 6.45) is 0.790. The van der Waals surface area contributed by atoms with Gasteiger partial charge in [-0.2, -0.15) is 0 Å². The molecule has 0 saturated carbocycles. The van der Waals surface area contributed by atoms with Gasteiger partial charge in [-0.1, -0.05) is 0 Å². The highest BCUT2D eigenvalue weighted by Crippen LogP contribution is 2.15. The minimum Gasteiger partial charge on any atom is -0.478 e. The Bertz CT molecular complexity index is 470. The molecule has 0 unspecified atom stereocenters. The van der Waals surface area contributed by atoms with E-state index in [1.54, 1.807) is 0 Å². The first-order chi connectivity index (χ1) is 7.47. The van der Waals surface area contributed by atoms with Gasteiger partial charge in [-0.3, -0.25) is 10.1 Å². The van der Waals surface area contributed by atoms with E-state index in [-0.39, 0.29) is 0 Å². The summed E-state index contributed by atoms with van der Waals surface area (Å²) in [5.74, 6) is -2.45. The summed E-state index contributed by atoms with van der Waals surface area (Å²) in [5, 5.41) is 19.1. The lowest BCUT2D eigenvalue weighted by molar-refractivity contribution is -0.385. The number of carboxylic acids is 1. The number of pyridine rings is 1. The number of carboxylic acid groups (broad SMARTS) is 1. The zero-order valence-corrected chi connectivity index (χ0v) is 8.04. The first kappa shape index (κ1) is 11.6. The SMILES string of the molecule is COC(=O)c1ncc([N+](=O)[O-])cc1C(=O)O. The van der Waals surface area contributed by atoms with Crippen LogP contribution in [0, 0.1) is 10.1 Å². The fourth-order valence-electron chi connectivity index (χ4n) is 0.976. The monoisotopic (exact) mass is 226 g/mol. The third-order valence-corrected chi connectivity index (χ3v) is 1.69. The lowest BCUT2D eigenvalue weighted by atomic mass is 10.2. The Morgan fingerprint density at radius 2 is 2.19 bits per heavy atom. The van der Waals surface area contributed by atoms with Crippen LogP contribution >= 0.6 is 0 Å². The van der Waals surface area contributed by atoms with Gasteiger partial charge in [0.1, 0.15) is 6.20 Å². The molecule has 0 amide bonds. The maximum absolute atomic E-state index is 11.1. The standard InChI is InChI=1S/C8H6N2O6/c1-16-8(13)6-5(7(11)12)2-4(3-9-6)10(14)15/h2-3H,1H3,(H,11,12). The van der Waals surface area contributed by atoms with Crippen LogP contribution in [0.2, 0.25) is 0 Å². The van der Waals surface area contributed by atoms with Gasteiger partial charge >= 0.3 is 11.9 Å². The van der Waals surface area contributed by atoms with E-state index in [9.17, 15) is 19.7 Å². The Hall–Kier alpha value is -2.51. The Kier molecular flexibility index (Phi) is 3.14. The van der Waals surface area contributed by atoms with Gasteiger partial charge in [0.05, 0.1) is 17.6 Å². The van der Waals surface area contributed by atoms with Gasteiger partial charge in [0.2, 0.25) is 0 Å². The Morgan fingerprint density at radius 3 is 2.62 bits per heavy atom. The average Bonchev–Trinajstić information content (AvgIpc) is 2.26. The van der Waals surface area contributed by atoms with Crippen LogP contribution in [0.25, 0.3) is 0 Å². The normalized spacial score (nSPS) is 9.56. The molecule has 84 valence electrons. The molecule has 1 N–H and O–H groups in total. The number of methoxy groups -OCH3 is 1. The van der Waals surface area contributed by atoms with Gasteiger partial charge in [-0.25, -0.2) is 14.6 Å². The third kappa shape index (κ3) is 2.11. The van der Waals surface area contributed by atoms with Gasteiger partial charge in [-0.05, 0) is 0 Å². The first-order valence-corrected chi connectivity index (χ1v) is 3.93. The topological polar surface area (TPSA) is 120 Å². The van der Waals surface area contributed by atoms with Gasteiger partial charge in [0, 0.05) is 6.07 Å². The van der Waals surface area contributed by atoms with Crippen molar-refractivity contribution in [2.75, 3.05) is 7.11 Å². The van der Waals surface area contributed by atoms with Crippen molar-refractivity contribution in [3.63, 3.8) is 0 Å². The van der Waals surface area contributed by atoms with Crippen LogP contribution < -0.4 is 0 Å². The number of carbonyl (C=O) groups excluding carboxylic acids is 1. The smallest absolute Gasteiger partial charge is 0.357 e. The minimum atomic E-state index is -1.49. The highest BCUT2D eigenvalue weighted by atomic mass is 16.6. The van der Waals surface area contributed by atoms with Crippen LogP contribution in [-0.4, -0.2) is 34.1 Å². The number of aromatic carboxylic acids is 1. The summed E-state index contributed by atoms with van der Waals surface area (Å²) < 4.78 is 4.29. The molecule has 1 aromatic heterocycles. The zero-order valence-electron chi connectivity index (χ0n) is 8.04. The van der Waals surface area contributed by atoms with E-state index in [0.29, 0.717) is 0 Å². The van der Waals surface area contributed by atoms with Crippen molar-refractivity contribution in [2.45, 2.75) is 0 Å². The van der Waals surface area contributed by atoms with E-state index in [0.717, 1.165) is 19.4 Å². The van der Waals surface area contributed by atoms with Crippen LogP contribution in [0.1, 0.15) is 20.8 Å². The molecule has 0 aliphatic rings. The second kappa shape index (κ2) is 4.34. The summed E-state index contributed by atoms with van der Waals surface area (Å²) >= 11 is 0. The fourth-order valence-corrected chi connectivity index (χ4v) is 0.976. The van der Waals surface area contributed by atoms with Crippen molar-refractivity contribution >= 4 is 17.6 Å². The highest BCUT2D eigenvalue weighted by Gasteiger charge is 2.22. The van der Waals surface area contributed by atoms with E-state index >= 15 is 0 Å². The predicted octanol–water partition coefficient (Wildman–Crippen LogP) is 0.475. The van der Waals surface area contributed by atoms with Crippen molar-refractivity contribution < 1.29 is 24.4 Å². The van der Waals surface area contributed by atoms with Crippen LogP contribution in [0.3, 0.4) is 0 Å². The molecule has 0 aliphatic carbocycles. The molecule has 8 heteroatoms. The molecule has 16 heavy (non-hydrogen) atoms. The quantitative estimate of drug-likeness (QED) is 0.451. The molecule has 0 aromatic carbocycles. The van der Waals surface area contributed by atoms with Crippen LogP contribution in [0.4, 0.5) is 5.69 Å². The number of nitrogens with zero attached hydrogens (tertiary/aromatic N) is 2. The molecule has 0 spiro atoms. The van der Waals surface area contributed by atoms with Crippen LogP contribution in [0.5, 0.6) is 0 Å². The van der Waals surface area contributed by atoms with Crippen molar-refractivity contribution in [2.24, 2.45) is 0 Å². The molecule has 8 nitrogen and oxygen atoms in total. The number of esters is 1. The zero-order chi connectivity index (χ0) is 12.3. The van der Waals surface area contributed by atoms with Gasteiger partial charge in [0.25, 0.3) is 5.69 Å². The van der Waals surface area contributed by atoms with Gasteiger partial charge in [-0.15, -0.1) is 0 Å². The number of nitro groups is 1. The van der Waals surface area contributed by atoms with Crippen molar-refractivity contribution in [3.8, 4) is 0 Å². The van der Waals surface area contributed by atoms with E-state index in [1.165, 1.54) is 0 Å². The summed E-state index contributed by atoms with van der Waals surface area (Å²) in [4.78, 5) is 34.8. The van der Waals surface area contributed by atoms with Crippen molar-refractivity contribution in [1.29, 1.82) is 0 Å². The number of ether oxygens (including phenoxy) is 1.